The van der Waals surface area contributed by atoms with E-state index in [1.54, 1.807) is 35.2 Å². The van der Waals surface area contributed by atoms with Gasteiger partial charge in [-0.2, -0.15) is 0 Å². The van der Waals surface area contributed by atoms with Crippen LogP contribution in [0, 0.1) is 0 Å². The van der Waals surface area contributed by atoms with Crippen LogP contribution in [0.5, 0.6) is 0 Å². The summed E-state index contributed by atoms with van der Waals surface area (Å²) in [5.41, 5.74) is 0.840. The number of benzene rings is 2. The molecule has 0 saturated carbocycles. The van der Waals surface area contributed by atoms with Crippen molar-refractivity contribution in [2.75, 3.05) is 37.8 Å². The van der Waals surface area contributed by atoms with Gasteiger partial charge in [0.15, 0.2) is 15.0 Å². The molecule has 0 aliphatic carbocycles. The van der Waals surface area contributed by atoms with E-state index < -0.39 is 9.84 Å². The van der Waals surface area contributed by atoms with Crippen molar-refractivity contribution in [3.63, 3.8) is 0 Å². The fourth-order valence-electron chi connectivity index (χ4n) is 2.92. The average molecular weight is 510 g/mol. The molecule has 6 nitrogen and oxygen atoms in total. The highest BCUT2D eigenvalue weighted by molar-refractivity contribution is 9.10. The fraction of sp³-hybridized carbons (Fsp3) is 0.333. The number of carbonyl (C=O) groups excluding carboxylic acids is 1. The second-order valence-electron chi connectivity index (χ2n) is 7.19. The van der Waals surface area contributed by atoms with Gasteiger partial charge in [0.25, 0.3) is 0 Å². The van der Waals surface area contributed by atoms with Crippen molar-refractivity contribution in [1.82, 2.24) is 9.88 Å². The van der Waals surface area contributed by atoms with Gasteiger partial charge < -0.3 is 4.90 Å². The van der Waals surface area contributed by atoms with Crippen LogP contribution in [0.4, 0.5) is 5.13 Å². The number of sulfone groups is 1. The molecule has 0 fully saturated rings. The van der Waals surface area contributed by atoms with Gasteiger partial charge in [0, 0.05) is 24.0 Å². The largest absolute Gasteiger partial charge is 0.308 e. The van der Waals surface area contributed by atoms with E-state index in [1.807, 2.05) is 37.2 Å². The van der Waals surface area contributed by atoms with Crippen LogP contribution in [-0.2, 0) is 14.6 Å². The molecular formula is C21H24BrN3O3S2. The number of hydrogen-bond donors (Lipinski definition) is 0. The van der Waals surface area contributed by atoms with Crippen LogP contribution in [0.25, 0.3) is 10.2 Å². The summed E-state index contributed by atoms with van der Waals surface area (Å²) >= 11 is 4.93. The molecular weight excluding hydrogens is 486 g/mol. The van der Waals surface area contributed by atoms with Gasteiger partial charge in [-0.1, -0.05) is 45.5 Å². The Morgan fingerprint density at radius 1 is 1.10 bits per heavy atom. The molecule has 0 bridgehead atoms. The number of likely N-dealkylation sites (N-methyl/N-ethyl adjacent to an activating group) is 1. The Balaban J connectivity index is 1.72. The van der Waals surface area contributed by atoms with Crippen LogP contribution in [0.3, 0.4) is 0 Å². The molecule has 0 unspecified atom stereocenters. The lowest BCUT2D eigenvalue weighted by Crippen LogP contribution is -2.36. The standard InChI is InChI=1S/C21H24BrN3O3S2/c1-24(2)12-13-25(21-23-18-11-10-16(22)15-19(18)29-21)20(26)9-6-14-30(27,28)17-7-4-3-5-8-17/h3-5,7-8,10-11,15H,6,9,12-14H2,1-2H3. The minimum absolute atomic E-state index is 0.0585. The molecule has 0 aliphatic heterocycles. The van der Waals surface area contributed by atoms with Crippen molar-refractivity contribution in [3.05, 3.63) is 53.0 Å². The summed E-state index contributed by atoms with van der Waals surface area (Å²) in [4.78, 5) is 21.6. The van der Waals surface area contributed by atoms with Gasteiger partial charge in [-0.15, -0.1) is 0 Å². The van der Waals surface area contributed by atoms with Gasteiger partial charge in [-0.05, 0) is 50.8 Å². The van der Waals surface area contributed by atoms with Gasteiger partial charge in [0.05, 0.1) is 20.9 Å². The lowest BCUT2D eigenvalue weighted by molar-refractivity contribution is -0.118. The van der Waals surface area contributed by atoms with Crippen LogP contribution in [-0.4, -0.2) is 57.1 Å². The number of aromatic nitrogens is 1. The first kappa shape index (κ1) is 22.9. The molecule has 0 spiro atoms. The highest BCUT2D eigenvalue weighted by Gasteiger charge is 2.21. The van der Waals surface area contributed by atoms with E-state index >= 15 is 0 Å². The average Bonchev–Trinajstić information content (AvgIpc) is 3.11. The van der Waals surface area contributed by atoms with Gasteiger partial charge >= 0.3 is 0 Å². The van der Waals surface area contributed by atoms with Gasteiger partial charge in [-0.25, -0.2) is 13.4 Å². The number of hydrogen-bond acceptors (Lipinski definition) is 6. The number of thiazole rings is 1. The van der Waals surface area contributed by atoms with Crippen LogP contribution < -0.4 is 4.90 Å². The summed E-state index contributed by atoms with van der Waals surface area (Å²) in [6, 6.07) is 14.2. The van der Waals surface area contributed by atoms with Crippen molar-refractivity contribution < 1.29 is 13.2 Å². The number of rotatable bonds is 9. The second kappa shape index (κ2) is 10.00. The van der Waals surface area contributed by atoms with Gasteiger partial charge in [-0.3, -0.25) is 9.69 Å². The fourth-order valence-corrected chi connectivity index (χ4v) is 5.82. The third kappa shape index (κ3) is 5.87. The Labute approximate surface area is 189 Å². The Morgan fingerprint density at radius 3 is 2.53 bits per heavy atom. The molecule has 0 aliphatic rings. The Morgan fingerprint density at radius 2 is 1.83 bits per heavy atom. The van der Waals surface area contributed by atoms with E-state index in [0.29, 0.717) is 23.1 Å². The summed E-state index contributed by atoms with van der Waals surface area (Å²) in [5.74, 6) is -0.171. The number of fused-ring (bicyclic) bond motifs is 1. The SMILES string of the molecule is CN(C)CCN(C(=O)CCCS(=O)(=O)c1ccccc1)c1nc2ccc(Br)cc2s1. The molecule has 0 radical (unpaired) electrons. The van der Waals surface area contributed by atoms with Crippen molar-refractivity contribution in [1.29, 1.82) is 0 Å². The maximum absolute atomic E-state index is 13.0. The molecule has 1 heterocycles. The molecule has 2 aromatic carbocycles. The van der Waals surface area contributed by atoms with Crippen molar-refractivity contribution in [3.8, 4) is 0 Å². The van der Waals surface area contributed by atoms with E-state index in [2.05, 4.69) is 20.9 Å². The number of amides is 1. The number of carbonyl (C=O) groups is 1. The van der Waals surface area contributed by atoms with Crippen LogP contribution in [0.15, 0.2) is 57.9 Å². The molecule has 3 aromatic rings. The number of nitrogens with zero attached hydrogens (tertiary/aromatic N) is 3. The van der Waals surface area contributed by atoms with E-state index in [-0.39, 0.29) is 24.5 Å². The predicted octanol–water partition coefficient (Wildman–Crippen LogP) is 4.21. The number of anilines is 1. The molecule has 0 atom stereocenters. The topological polar surface area (TPSA) is 70.6 Å². The normalized spacial score (nSPS) is 11.9. The minimum atomic E-state index is -3.39. The molecule has 3 rings (SSSR count). The summed E-state index contributed by atoms with van der Waals surface area (Å²) < 4.78 is 26.9. The van der Waals surface area contributed by atoms with E-state index in [9.17, 15) is 13.2 Å². The van der Waals surface area contributed by atoms with Gasteiger partial charge in [0.1, 0.15) is 0 Å². The maximum Gasteiger partial charge on any atom is 0.228 e. The first-order valence-electron chi connectivity index (χ1n) is 9.55. The van der Waals surface area contributed by atoms with Crippen LogP contribution >= 0.6 is 27.3 Å². The highest BCUT2D eigenvalue weighted by Crippen LogP contribution is 2.31. The minimum Gasteiger partial charge on any atom is -0.308 e. The lowest BCUT2D eigenvalue weighted by Gasteiger charge is -2.22. The zero-order valence-electron chi connectivity index (χ0n) is 16.9. The third-order valence-corrected chi connectivity index (χ3v) is 7.90. The van der Waals surface area contributed by atoms with E-state index in [4.69, 9.17) is 0 Å². The summed E-state index contributed by atoms with van der Waals surface area (Å²) in [5, 5.41) is 0.640. The lowest BCUT2D eigenvalue weighted by atomic mass is 10.3. The zero-order chi connectivity index (χ0) is 21.7. The molecule has 160 valence electrons. The summed E-state index contributed by atoms with van der Waals surface area (Å²) in [6.45, 7) is 1.19. The first-order chi connectivity index (χ1) is 14.3. The molecule has 1 aromatic heterocycles. The second-order valence-corrected chi connectivity index (χ2v) is 11.2. The Hall–Kier alpha value is -1.81. The van der Waals surface area contributed by atoms with E-state index in [1.165, 1.54) is 11.3 Å². The van der Waals surface area contributed by atoms with Crippen molar-refractivity contribution in [2.24, 2.45) is 0 Å². The molecule has 0 saturated heterocycles. The molecule has 1 amide bonds. The summed E-state index contributed by atoms with van der Waals surface area (Å²) in [7, 11) is 0.503. The smallest absolute Gasteiger partial charge is 0.228 e. The van der Waals surface area contributed by atoms with Crippen LogP contribution in [0.1, 0.15) is 12.8 Å². The quantitative estimate of drug-likeness (QED) is 0.432. The summed E-state index contributed by atoms with van der Waals surface area (Å²) in [6.07, 6.45) is 0.421. The Bertz CT molecular complexity index is 1110. The number of halogens is 1. The van der Waals surface area contributed by atoms with Crippen molar-refractivity contribution in [2.45, 2.75) is 17.7 Å². The Kier molecular flexibility index (Phi) is 7.62. The molecule has 9 heteroatoms. The zero-order valence-corrected chi connectivity index (χ0v) is 20.1. The monoisotopic (exact) mass is 509 g/mol. The first-order valence-corrected chi connectivity index (χ1v) is 12.8. The third-order valence-electron chi connectivity index (χ3n) is 4.55. The van der Waals surface area contributed by atoms with Crippen LogP contribution in [0.2, 0.25) is 0 Å². The highest BCUT2D eigenvalue weighted by atomic mass is 79.9. The predicted molar refractivity (Wildman–Crippen MR) is 126 cm³/mol. The maximum atomic E-state index is 13.0. The van der Waals surface area contributed by atoms with E-state index in [0.717, 1.165) is 14.7 Å². The molecule has 0 N–H and O–H groups in total. The molecule has 30 heavy (non-hydrogen) atoms. The van der Waals surface area contributed by atoms with Gasteiger partial charge in [0.2, 0.25) is 5.91 Å². The van der Waals surface area contributed by atoms with Crippen molar-refractivity contribution >= 4 is 58.4 Å².